The first kappa shape index (κ1) is 10.8. The Morgan fingerprint density at radius 1 is 1.31 bits per heavy atom. The summed E-state index contributed by atoms with van der Waals surface area (Å²) in [5.41, 5.74) is 4.21. The van der Waals surface area contributed by atoms with Crippen LogP contribution in [-0.4, -0.2) is 11.7 Å². The lowest BCUT2D eigenvalue weighted by Crippen LogP contribution is -2.43. The van der Waals surface area contributed by atoms with Crippen LogP contribution in [0.5, 0.6) is 0 Å². The molecular weight excluding hydrogens is 196 g/mol. The normalized spacial score (nSPS) is 51.0. The molecule has 1 N–H and O–H groups in total. The molecule has 2 fully saturated rings. The number of hydrogen-bond acceptors (Lipinski definition) is 1. The Balaban J connectivity index is 1.95. The molecule has 0 saturated heterocycles. The maximum absolute atomic E-state index is 9.55. The molecule has 2 saturated carbocycles. The SMILES string of the molecule is CC1=C2C[C@](C)(CO)C[C@H]2C[C@]2(C)CC[C@H]12. The van der Waals surface area contributed by atoms with Crippen molar-refractivity contribution in [1.82, 2.24) is 0 Å². The fourth-order valence-corrected chi connectivity index (χ4v) is 4.72. The highest BCUT2D eigenvalue weighted by atomic mass is 16.3. The van der Waals surface area contributed by atoms with E-state index in [0.29, 0.717) is 12.0 Å². The van der Waals surface area contributed by atoms with Gasteiger partial charge in [0.05, 0.1) is 0 Å². The first-order valence-corrected chi connectivity index (χ1v) is 6.78. The maximum Gasteiger partial charge on any atom is 0.0488 e. The Kier molecular flexibility index (Phi) is 2.12. The monoisotopic (exact) mass is 220 g/mol. The van der Waals surface area contributed by atoms with Crippen molar-refractivity contribution in [2.24, 2.45) is 22.7 Å². The lowest BCUT2D eigenvalue weighted by Gasteiger charge is -2.53. The molecule has 1 heteroatoms. The Labute approximate surface area is 98.9 Å². The number of aliphatic hydroxyl groups excluding tert-OH is 1. The molecule has 0 aliphatic heterocycles. The zero-order valence-corrected chi connectivity index (χ0v) is 10.8. The van der Waals surface area contributed by atoms with Crippen LogP contribution < -0.4 is 0 Å². The molecular formula is C15H24O. The fraction of sp³-hybridized carbons (Fsp3) is 0.867. The predicted octanol–water partition coefficient (Wildman–Crippen LogP) is 3.53. The van der Waals surface area contributed by atoms with Crippen LogP contribution in [0.3, 0.4) is 0 Å². The van der Waals surface area contributed by atoms with Crippen LogP contribution in [-0.2, 0) is 0 Å². The van der Waals surface area contributed by atoms with Gasteiger partial charge in [0.1, 0.15) is 0 Å². The van der Waals surface area contributed by atoms with E-state index < -0.39 is 0 Å². The molecule has 0 amide bonds. The van der Waals surface area contributed by atoms with Crippen molar-refractivity contribution in [2.45, 2.75) is 52.9 Å². The Hall–Kier alpha value is -0.300. The minimum absolute atomic E-state index is 0.182. The van der Waals surface area contributed by atoms with E-state index in [1.165, 1.54) is 25.7 Å². The van der Waals surface area contributed by atoms with Crippen molar-refractivity contribution >= 4 is 0 Å². The minimum atomic E-state index is 0.182. The van der Waals surface area contributed by atoms with Gasteiger partial charge in [-0.15, -0.1) is 0 Å². The van der Waals surface area contributed by atoms with Gasteiger partial charge in [-0.1, -0.05) is 25.0 Å². The van der Waals surface area contributed by atoms with Gasteiger partial charge in [0.25, 0.3) is 0 Å². The predicted molar refractivity (Wildman–Crippen MR) is 66.1 cm³/mol. The highest BCUT2D eigenvalue weighted by Crippen LogP contribution is 2.63. The average molecular weight is 220 g/mol. The molecule has 3 rings (SSSR count). The summed E-state index contributed by atoms with van der Waals surface area (Å²) in [4.78, 5) is 0. The molecule has 4 atom stereocenters. The maximum atomic E-state index is 9.55. The van der Waals surface area contributed by atoms with Crippen LogP contribution >= 0.6 is 0 Å². The molecule has 0 radical (unpaired) electrons. The van der Waals surface area contributed by atoms with Crippen molar-refractivity contribution in [1.29, 1.82) is 0 Å². The zero-order chi connectivity index (χ0) is 11.6. The van der Waals surface area contributed by atoms with Gasteiger partial charge in [-0.05, 0) is 61.7 Å². The molecule has 16 heavy (non-hydrogen) atoms. The standard InChI is InChI=1S/C15H24O/c1-10-12-8-14(2,9-16)6-11(12)7-15(3)5-4-13(10)15/h11,13,16H,4-9H2,1-3H3/t11-,13+,14+,15-/m0/s1. The van der Waals surface area contributed by atoms with Crippen LogP contribution in [0.4, 0.5) is 0 Å². The molecule has 3 aliphatic carbocycles. The summed E-state index contributed by atoms with van der Waals surface area (Å²) in [6.07, 6.45) is 6.61. The van der Waals surface area contributed by atoms with Gasteiger partial charge < -0.3 is 5.11 Å². The molecule has 90 valence electrons. The topological polar surface area (TPSA) is 20.2 Å². The molecule has 0 aromatic heterocycles. The lowest BCUT2D eigenvalue weighted by atomic mass is 9.52. The van der Waals surface area contributed by atoms with E-state index in [2.05, 4.69) is 20.8 Å². The first-order chi connectivity index (χ1) is 7.47. The van der Waals surface area contributed by atoms with E-state index in [9.17, 15) is 5.11 Å². The van der Waals surface area contributed by atoms with E-state index >= 15 is 0 Å². The third-order valence-corrected chi connectivity index (χ3v) is 5.82. The smallest absolute Gasteiger partial charge is 0.0488 e. The number of hydrogen-bond donors (Lipinski definition) is 1. The number of allylic oxidation sites excluding steroid dienone is 2. The Morgan fingerprint density at radius 2 is 2.06 bits per heavy atom. The van der Waals surface area contributed by atoms with Gasteiger partial charge in [-0.2, -0.15) is 0 Å². The third kappa shape index (κ3) is 1.27. The number of rotatable bonds is 1. The van der Waals surface area contributed by atoms with Crippen LogP contribution in [0.25, 0.3) is 0 Å². The van der Waals surface area contributed by atoms with Gasteiger partial charge in [0.15, 0.2) is 0 Å². The van der Waals surface area contributed by atoms with E-state index in [4.69, 9.17) is 0 Å². The quantitative estimate of drug-likeness (QED) is 0.670. The molecule has 1 nitrogen and oxygen atoms in total. The summed E-state index contributed by atoms with van der Waals surface area (Å²) >= 11 is 0. The van der Waals surface area contributed by atoms with Gasteiger partial charge >= 0.3 is 0 Å². The largest absolute Gasteiger partial charge is 0.396 e. The summed E-state index contributed by atoms with van der Waals surface area (Å²) in [5, 5.41) is 9.55. The van der Waals surface area contributed by atoms with Crippen LogP contribution in [0.1, 0.15) is 52.9 Å². The number of aliphatic hydroxyl groups is 1. The average Bonchev–Trinajstić information content (AvgIpc) is 2.54. The Bertz CT molecular complexity index is 356. The third-order valence-electron chi connectivity index (χ3n) is 5.82. The van der Waals surface area contributed by atoms with Gasteiger partial charge in [-0.3, -0.25) is 0 Å². The van der Waals surface area contributed by atoms with Gasteiger partial charge in [-0.25, -0.2) is 0 Å². The molecule has 0 aromatic carbocycles. The molecule has 0 unspecified atom stereocenters. The molecule has 0 heterocycles. The summed E-state index contributed by atoms with van der Waals surface area (Å²) < 4.78 is 0. The molecule has 3 aliphatic rings. The van der Waals surface area contributed by atoms with E-state index in [-0.39, 0.29) is 5.41 Å². The molecule has 0 bridgehead atoms. The van der Waals surface area contributed by atoms with Crippen molar-refractivity contribution in [3.63, 3.8) is 0 Å². The van der Waals surface area contributed by atoms with Gasteiger partial charge in [0, 0.05) is 6.61 Å². The summed E-state index contributed by atoms with van der Waals surface area (Å²) in [5.74, 6) is 1.67. The summed E-state index contributed by atoms with van der Waals surface area (Å²) in [6, 6.07) is 0. The van der Waals surface area contributed by atoms with Crippen LogP contribution in [0.2, 0.25) is 0 Å². The molecule has 0 aromatic rings. The summed E-state index contributed by atoms with van der Waals surface area (Å²) in [6.45, 7) is 7.47. The minimum Gasteiger partial charge on any atom is -0.396 e. The highest BCUT2D eigenvalue weighted by Gasteiger charge is 2.52. The van der Waals surface area contributed by atoms with E-state index in [0.717, 1.165) is 18.3 Å². The number of fused-ring (bicyclic) bond motifs is 2. The van der Waals surface area contributed by atoms with Crippen LogP contribution in [0, 0.1) is 22.7 Å². The fourth-order valence-electron chi connectivity index (χ4n) is 4.72. The zero-order valence-electron chi connectivity index (χ0n) is 10.8. The van der Waals surface area contributed by atoms with Crippen LogP contribution in [0.15, 0.2) is 11.1 Å². The van der Waals surface area contributed by atoms with Crippen molar-refractivity contribution < 1.29 is 5.11 Å². The van der Waals surface area contributed by atoms with E-state index in [1.54, 1.807) is 11.1 Å². The van der Waals surface area contributed by atoms with E-state index in [1.807, 2.05) is 0 Å². The molecule has 0 spiro atoms. The second kappa shape index (κ2) is 3.13. The van der Waals surface area contributed by atoms with Crippen molar-refractivity contribution in [2.75, 3.05) is 6.61 Å². The lowest BCUT2D eigenvalue weighted by molar-refractivity contribution is 0.0370. The van der Waals surface area contributed by atoms with Crippen molar-refractivity contribution in [3.8, 4) is 0 Å². The second-order valence-electron chi connectivity index (χ2n) is 7.20. The van der Waals surface area contributed by atoms with Crippen molar-refractivity contribution in [3.05, 3.63) is 11.1 Å². The van der Waals surface area contributed by atoms with Gasteiger partial charge in [0.2, 0.25) is 0 Å². The Morgan fingerprint density at radius 3 is 2.62 bits per heavy atom. The first-order valence-electron chi connectivity index (χ1n) is 6.78. The summed E-state index contributed by atoms with van der Waals surface area (Å²) in [7, 11) is 0. The second-order valence-corrected chi connectivity index (χ2v) is 7.20. The highest BCUT2D eigenvalue weighted by molar-refractivity contribution is 5.31.